The first-order valence-corrected chi connectivity index (χ1v) is 4.64. The molecule has 0 aromatic heterocycles. The Bertz CT molecular complexity index is 163. The molecule has 1 rings (SSSR count). The van der Waals surface area contributed by atoms with E-state index in [1.807, 2.05) is 7.05 Å². The minimum Gasteiger partial charge on any atom is -0.374 e. The highest BCUT2D eigenvalue weighted by Gasteiger charge is 2.06. The van der Waals surface area contributed by atoms with Crippen LogP contribution in [0.4, 0.5) is 0 Å². The summed E-state index contributed by atoms with van der Waals surface area (Å²) < 4.78 is 0.883. The maximum absolute atomic E-state index is 5.00. The van der Waals surface area contributed by atoms with Gasteiger partial charge >= 0.3 is 0 Å². The van der Waals surface area contributed by atoms with E-state index in [1.165, 1.54) is 24.2 Å². The maximum Gasteiger partial charge on any atom is 0.138 e. The van der Waals surface area contributed by atoms with E-state index in [0.717, 1.165) is 4.32 Å². The zero-order valence-corrected chi connectivity index (χ0v) is 7.65. The van der Waals surface area contributed by atoms with Gasteiger partial charge in [-0.15, -0.1) is 0 Å². The molecular formula is C7H11NS2. The van der Waals surface area contributed by atoms with Crippen LogP contribution in [0.1, 0.15) is 19.3 Å². The summed E-state index contributed by atoms with van der Waals surface area (Å²) in [6.45, 7) is 0. The van der Waals surface area contributed by atoms with E-state index in [1.54, 1.807) is 11.8 Å². The van der Waals surface area contributed by atoms with Crippen LogP contribution < -0.4 is 5.32 Å². The zero-order chi connectivity index (χ0) is 7.40. The van der Waals surface area contributed by atoms with Gasteiger partial charge in [-0.1, -0.05) is 30.1 Å². The van der Waals surface area contributed by atoms with E-state index >= 15 is 0 Å². The number of nitrogens with one attached hydrogen (secondary N) is 1. The van der Waals surface area contributed by atoms with Crippen molar-refractivity contribution >= 4 is 28.3 Å². The van der Waals surface area contributed by atoms with Gasteiger partial charge in [0.2, 0.25) is 0 Å². The Morgan fingerprint density at radius 2 is 2.60 bits per heavy atom. The smallest absolute Gasteiger partial charge is 0.138 e. The summed E-state index contributed by atoms with van der Waals surface area (Å²) in [4.78, 5) is 1.43. The van der Waals surface area contributed by atoms with Crippen molar-refractivity contribution in [3.63, 3.8) is 0 Å². The van der Waals surface area contributed by atoms with Gasteiger partial charge in [0.25, 0.3) is 0 Å². The summed E-state index contributed by atoms with van der Waals surface area (Å²) in [6, 6.07) is 0. The third-order valence-electron chi connectivity index (χ3n) is 1.43. The Labute approximate surface area is 71.3 Å². The largest absolute Gasteiger partial charge is 0.374 e. The van der Waals surface area contributed by atoms with Crippen molar-refractivity contribution in [2.24, 2.45) is 0 Å². The van der Waals surface area contributed by atoms with Crippen molar-refractivity contribution in [3.8, 4) is 0 Å². The first-order valence-electron chi connectivity index (χ1n) is 3.41. The lowest BCUT2D eigenvalue weighted by Gasteiger charge is -2.00. The van der Waals surface area contributed by atoms with Gasteiger partial charge in [-0.05, 0) is 24.2 Å². The SMILES string of the molecule is CNC(=S)SC1=CCCC1. The third kappa shape index (κ3) is 2.31. The zero-order valence-electron chi connectivity index (χ0n) is 6.02. The van der Waals surface area contributed by atoms with Crippen LogP contribution in [0, 0.1) is 0 Å². The van der Waals surface area contributed by atoms with Crippen LogP contribution in [0.25, 0.3) is 0 Å². The Balaban J connectivity index is 2.30. The molecule has 1 N–H and O–H groups in total. The van der Waals surface area contributed by atoms with E-state index in [2.05, 4.69) is 11.4 Å². The first-order chi connectivity index (χ1) is 4.83. The number of rotatable bonds is 1. The molecule has 0 fully saturated rings. The highest BCUT2D eigenvalue weighted by atomic mass is 32.2. The normalized spacial score (nSPS) is 16.7. The Morgan fingerprint density at radius 1 is 1.80 bits per heavy atom. The molecule has 0 saturated heterocycles. The Kier molecular flexibility index (Phi) is 3.22. The van der Waals surface area contributed by atoms with Crippen molar-refractivity contribution in [1.29, 1.82) is 0 Å². The molecule has 56 valence electrons. The average molecular weight is 173 g/mol. The van der Waals surface area contributed by atoms with Crippen molar-refractivity contribution in [2.45, 2.75) is 19.3 Å². The molecule has 0 radical (unpaired) electrons. The van der Waals surface area contributed by atoms with Crippen molar-refractivity contribution < 1.29 is 0 Å². The molecule has 0 unspecified atom stereocenters. The monoisotopic (exact) mass is 173 g/mol. The molecule has 1 aliphatic carbocycles. The number of hydrogen-bond acceptors (Lipinski definition) is 2. The van der Waals surface area contributed by atoms with Gasteiger partial charge in [-0.2, -0.15) is 0 Å². The summed E-state index contributed by atoms with van der Waals surface area (Å²) in [5.74, 6) is 0. The van der Waals surface area contributed by atoms with Gasteiger partial charge < -0.3 is 5.32 Å². The van der Waals surface area contributed by atoms with E-state index in [-0.39, 0.29) is 0 Å². The van der Waals surface area contributed by atoms with Crippen molar-refractivity contribution in [1.82, 2.24) is 5.32 Å². The Morgan fingerprint density at radius 3 is 3.10 bits per heavy atom. The standard InChI is InChI=1S/C7H11NS2/c1-8-7(9)10-6-4-2-3-5-6/h4H,2-3,5H2,1H3,(H,8,9). The van der Waals surface area contributed by atoms with E-state index < -0.39 is 0 Å². The summed E-state index contributed by atoms with van der Waals surface area (Å²) in [6.07, 6.45) is 6.02. The predicted octanol–water partition coefficient (Wildman–Crippen LogP) is 2.29. The Hall–Kier alpha value is -0.0200. The molecule has 3 heteroatoms. The van der Waals surface area contributed by atoms with Gasteiger partial charge in [-0.3, -0.25) is 0 Å². The van der Waals surface area contributed by atoms with E-state index in [0.29, 0.717) is 0 Å². The second-order valence-corrected chi connectivity index (χ2v) is 4.01. The van der Waals surface area contributed by atoms with E-state index in [4.69, 9.17) is 12.2 Å². The van der Waals surface area contributed by atoms with E-state index in [9.17, 15) is 0 Å². The summed E-state index contributed by atoms with van der Waals surface area (Å²) in [5, 5.41) is 2.95. The van der Waals surface area contributed by atoms with Crippen LogP contribution in [0.3, 0.4) is 0 Å². The lowest BCUT2D eigenvalue weighted by Crippen LogP contribution is -2.10. The third-order valence-corrected chi connectivity index (χ3v) is 2.90. The quantitative estimate of drug-likeness (QED) is 0.611. The molecule has 0 atom stereocenters. The second kappa shape index (κ2) is 3.98. The van der Waals surface area contributed by atoms with Gasteiger partial charge in [0.15, 0.2) is 0 Å². The van der Waals surface area contributed by atoms with Crippen LogP contribution in [0.15, 0.2) is 11.0 Å². The van der Waals surface area contributed by atoms with Crippen LogP contribution >= 0.6 is 24.0 Å². The molecule has 0 spiro atoms. The highest BCUT2D eigenvalue weighted by molar-refractivity contribution is 8.25. The van der Waals surface area contributed by atoms with Crippen molar-refractivity contribution in [2.75, 3.05) is 7.05 Å². The second-order valence-electron chi connectivity index (χ2n) is 2.20. The summed E-state index contributed by atoms with van der Waals surface area (Å²) in [5.41, 5.74) is 0. The summed E-state index contributed by atoms with van der Waals surface area (Å²) >= 11 is 6.69. The first kappa shape index (κ1) is 8.08. The minimum atomic E-state index is 0.883. The number of thiocarbonyl (C=S) groups is 1. The topological polar surface area (TPSA) is 12.0 Å². The fourth-order valence-corrected chi connectivity index (χ4v) is 2.01. The highest BCUT2D eigenvalue weighted by Crippen LogP contribution is 2.28. The molecule has 0 bridgehead atoms. The molecule has 0 aromatic rings. The molecular weight excluding hydrogens is 162 g/mol. The van der Waals surface area contributed by atoms with Gasteiger partial charge in [0.1, 0.15) is 4.32 Å². The van der Waals surface area contributed by atoms with Gasteiger partial charge in [-0.25, -0.2) is 0 Å². The fourth-order valence-electron chi connectivity index (χ4n) is 0.904. The molecule has 0 amide bonds. The molecule has 0 aromatic carbocycles. The number of hydrogen-bond donors (Lipinski definition) is 1. The minimum absolute atomic E-state index is 0.883. The molecule has 1 aliphatic rings. The molecule has 1 nitrogen and oxygen atoms in total. The van der Waals surface area contributed by atoms with Gasteiger partial charge in [0.05, 0.1) is 0 Å². The maximum atomic E-state index is 5.00. The average Bonchev–Trinajstić information content (AvgIpc) is 2.40. The predicted molar refractivity (Wildman–Crippen MR) is 51.2 cm³/mol. The van der Waals surface area contributed by atoms with Crippen LogP contribution in [0.2, 0.25) is 0 Å². The van der Waals surface area contributed by atoms with Crippen LogP contribution in [-0.4, -0.2) is 11.4 Å². The lowest BCUT2D eigenvalue weighted by atomic mass is 10.4. The molecule has 10 heavy (non-hydrogen) atoms. The lowest BCUT2D eigenvalue weighted by molar-refractivity contribution is 0.925. The van der Waals surface area contributed by atoms with Gasteiger partial charge in [0, 0.05) is 7.05 Å². The van der Waals surface area contributed by atoms with Crippen molar-refractivity contribution in [3.05, 3.63) is 11.0 Å². The number of allylic oxidation sites excluding steroid dienone is 2. The fraction of sp³-hybridized carbons (Fsp3) is 0.571. The summed E-state index contributed by atoms with van der Waals surface area (Å²) in [7, 11) is 1.87. The molecule has 0 heterocycles. The molecule has 0 aliphatic heterocycles. The van der Waals surface area contributed by atoms with Crippen LogP contribution in [0.5, 0.6) is 0 Å². The molecule has 0 saturated carbocycles. The number of thioether (sulfide) groups is 1. The van der Waals surface area contributed by atoms with Crippen LogP contribution in [-0.2, 0) is 0 Å².